The number of hydrogen-bond acceptors (Lipinski definition) is 7. The Morgan fingerprint density at radius 3 is 2.68 bits per heavy atom. The molecule has 2 heterocycles. The van der Waals surface area contributed by atoms with E-state index in [0.29, 0.717) is 6.61 Å². The molecule has 0 radical (unpaired) electrons. The van der Waals surface area contributed by atoms with Crippen LogP contribution >= 0.6 is 0 Å². The number of aryl methyl sites for hydroxylation is 3. The second-order valence-corrected chi connectivity index (χ2v) is 10.3. The minimum absolute atomic E-state index is 0.00402. The van der Waals surface area contributed by atoms with Crippen LogP contribution in [0.15, 0.2) is 54.6 Å². The Hall–Kier alpha value is -4.28. The van der Waals surface area contributed by atoms with Crippen LogP contribution in [0.4, 0.5) is 0 Å². The smallest absolute Gasteiger partial charge is 0.304 e. The Morgan fingerprint density at radius 2 is 1.95 bits per heavy atom. The Bertz CT molecular complexity index is 1520. The van der Waals surface area contributed by atoms with Gasteiger partial charge in [-0.05, 0) is 53.8 Å². The van der Waals surface area contributed by atoms with Crippen molar-refractivity contribution in [2.24, 2.45) is 7.05 Å². The van der Waals surface area contributed by atoms with E-state index in [1.807, 2.05) is 44.3 Å². The average Bonchev–Trinajstić information content (AvgIpc) is 3.22. The number of carbonyl (C=O) groups is 2. The molecule has 10 heteroatoms. The Balaban J connectivity index is 0.00000124. The van der Waals surface area contributed by atoms with Gasteiger partial charge in [-0.15, -0.1) is 5.10 Å². The Morgan fingerprint density at radius 1 is 1.20 bits per heavy atom. The number of fused-ring (bicyclic) bond motifs is 2. The fraction of sp³-hybridized carbons (Fsp3) is 0.355. The zero-order valence-electron chi connectivity index (χ0n) is 23.8. The van der Waals surface area contributed by atoms with Crippen molar-refractivity contribution in [3.8, 4) is 5.75 Å². The zero-order valence-corrected chi connectivity index (χ0v) is 23.8. The van der Waals surface area contributed by atoms with E-state index in [4.69, 9.17) is 19.4 Å². The van der Waals surface area contributed by atoms with Crippen LogP contribution in [0.25, 0.3) is 11.0 Å². The molecule has 1 aliphatic rings. The van der Waals surface area contributed by atoms with Crippen LogP contribution in [-0.4, -0.2) is 68.9 Å². The molecule has 0 saturated heterocycles. The third kappa shape index (κ3) is 6.90. The Labute approximate surface area is 239 Å². The van der Waals surface area contributed by atoms with Gasteiger partial charge in [-0.3, -0.25) is 14.5 Å². The summed E-state index contributed by atoms with van der Waals surface area (Å²) in [5.74, 6) is -0.230. The van der Waals surface area contributed by atoms with Gasteiger partial charge < -0.3 is 19.7 Å². The fourth-order valence-corrected chi connectivity index (χ4v) is 5.48. The molecule has 0 spiro atoms. The lowest BCUT2D eigenvalue weighted by molar-refractivity contribution is -0.137. The second kappa shape index (κ2) is 13.4. The predicted octanol–water partition coefficient (Wildman–Crippen LogP) is 4.30. The lowest BCUT2D eigenvalue weighted by Crippen LogP contribution is -2.35. The summed E-state index contributed by atoms with van der Waals surface area (Å²) in [6, 6.07) is 18.5. The number of methoxy groups -OCH3 is 1. The van der Waals surface area contributed by atoms with Crippen LogP contribution in [0.5, 0.6) is 5.75 Å². The zero-order chi connectivity index (χ0) is 29.5. The standard InChI is InChI=1S/C30H34N4O4.CH2O2/c1-19-9-10-21(26(14-29(35)36)25-11-12-27-30(20(25)2)31-32-33(27)3)13-23(19)16-34-15-22-7-5-6-8-28(22)38-24(17-34)18-37-4;2-1-3/h5-13,24,26H,14-18H2,1-4H3,(H,35,36);1H,(H,2,3). The van der Waals surface area contributed by atoms with E-state index < -0.39 is 5.97 Å². The highest BCUT2D eigenvalue weighted by atomic mass is 16.5. The van der Waals surface area contributed by atoms with Crippen LogP contribution in [0, 0.1) is 13.8 Å². The van der Waals surface area contributed by atoms with E-state index in [-0.39, 0.29) is 24.9 Å². The van der Waals surface area contributed by atoms with Crippen molar-refractivity contribution in [1.82, 2.24) is 19.9 Å². The molecule has 2 atom stereocenters. The molecular weight excluding hydrogens is 524 g/mol. The number of para-hydroxylation sites is 1. The van der Waals surface area contributed by atoms with Gasteiger partial charge in [0, 0.05) is 45.3 Å². The van der Waals surface area contributed by atoms with Crippen molar-refractivity contribution in [2.75, 3.05) is 20.3 Å². The maximum Gasteiger partial charge on any atom is 0.304 e. The normalized spacial score (nSPS) is 15.7. The third-order valence-electron chi connectivity index (χ3n) is 7.48. The number of hydrogen-bond donors (Lipinski definition) is 2. The number of carboxylic acids is 1. The molecule has 10 nitrogen and oxygen atoms in total. The van der Waals surface area contributed by atoms with Gasteiger partial charge in [0.2, 0.25) is 0 Å². The fourth-order valence-electron chi connectivity index (χ4n) is 5.48. The van der Waals surface area contributed by atoms with Gasteiger partial charge in [0.15, 0.2) is 0 Å². The molecule has 2 unspecified atom stereocenters. The topological polar surface area (TPSA) is 127 Å². The monoisotopic (exact) mass is 560 g/mol. The maximum atomic E-state index is 12.0. The molecule has 5 rings (SSSR count). The van der Waals surface area contributed by atoms with Crippen molar-refractivity contribution in [1.29, 1.82) is 0 Å². The molecule has 4 aromatic rings. The molecule has 3 aromatic carbocycles. The number of aromatic nitrogens is 3. The summed E-state index contributed by atoms with van der Waals surface area (Å²) in [6.45, 7) is 6.58. The first-order valence-electron chi connectivity index (χ1n) is 13.4. The van der Waals surface area contributed by atoms with E-state index >= 15 is 0 Å². The first-order valence-corrected chi connectivity index (χ1v) is 13.4. The summed E-state index contributed by atoms with van der Waals surface area (Å²) in [6.07, 6.45) is -0.0797. The number of benzene rings is 3. The van der Waals surface area contributed by atoms with E-state index in [0.717, 1.165) is 58.7 Å². The highest BCUT2D eigenvalue weighted by Gasteiger charge is 2.25. The van der Waals surface area contributed by atoms with Crippen LogP contribution in [-0.2, 0) is 34.5 Å². The highest BCUT2D eigenvalue weighted by Crippen LogP contribution is 2.35. The molecule has 0 bridgehead atoms. The molecule has 216 valence electrons. The summed E-state index contributed by atoms with van der Waals surface area (Å²) >= 11 is 0. The van der Waals surface area contributed by atoms with E-state index in [9.17, 15) is 9.90 Å². The molecule has 2 N–H and O–H groups in total. The highest BCUT2D eigenvalue weighted by molar-refractivity contribution is 5.80. The van der Waals surface area contributed by atoms with Gasteiger partial charge in [-0.1, -0.05) is 47.7 Å². The quantitative estimate of drug-likeness (QED) is 0.303. The molecule has 0 amide bonds. The summed E-state index contributed by atoms with van der Waals surface area (Å²) in [5, 5.41) is 25.2. The molecular formula is C31H36N4O6. The van der Waals surface area contributed by atoms with Gasteiger partial charge in [0.25, 0.3) is 6.47 Å². The number of rotatable bonds is 8. The summed E-state index contributed by atoms with van der Waals surface area (Å²) in [4.78, 5) is 22.7. The van der Waals surface area contributed by atoms with Crippen molar-refractivity contribution in [2.45, 2.75) is 45.4 Å². The summed E-state index contributed by atoms with van der Waals surface area (Å²) in [5.41, 5.74) is 8.15. The van der Waals surface area contributed by atoms with Gasteiger partial charge in [-0.2, -0.15) is 0 Å². The van der Waals surface area contributed by atoms with Gasteiger partial charge >= 0.3 is 5.97 Å². The average molecular weight is 561 g/mol. The number of carboxylic acid groups (broad SMARTS) is 2. The molecule has 0 fully saturated rings. The maximum absolute atomic E-state index is 12.0. The summed E-state index contributed by atoms with van der Waals surface area (Å²) < 4.78 is 13.4. The number of aliphatic carboxylic acids is 1. The molecule has 1 aliphatic heterocycles. The third-order valence-corrected chi connectivity index (χ3v) is 7.48. The van der Waals surface area contributed by atoms with Gasteiger partial charge in [-0.25, -0.2) is 4.68 Å². The van der Waals surface area contributed by atoms with Crippen molar-refractivity contribution < 1.29 is 29.3 Å². The molecule has 41 heavy (non-hydrogen) atoms. The predicted molar refractivity (Wildman–Crippen MR) is 154 cm³/mol. The largest absolute Gasteiger partial charge is 0.486 e. The summed E-state index contributed by atoms with van der Waals surface area (Å²) in [7, 11) is 3.56. The molecule has 0 aliphatic carbocycles. The number of ether oxygens (including phenoxy) is 2. The van der Waals surface area contributed by atoms with Crippen molar-refractivity contribution in [3.63, 3.8) is 0 Å². The van der Waals surface area contributed by atoms with E-state index in [1.165, 1.54) is 11.1 Å². The SMILES string of the molecule is COCC1CN(Cc2cc(C(CC(=O)O)c3ccc4c(nnn4C)c3C)ccc2C)Cc2ccccc2O1.O=CO. The number of nitrogens with zero attached hydrogens (tertiary/aromatic N) is 4. The molecule has 1 aromatic heterocycles. The van der Waals surface area contributed by atoms with E-state index in [1.54, 1.807) is 11.8 Å². The first-order chi connectivity index (χ1) is 19.7. The first kappa shape index (κ1) is 29.7. The molecule has 0 saturated carbocycles. The lowest BCUT2D eigenvalue weighted by atomic mass is 9.84. The second-order valence-electron chi connectivity index (χ2n) is 10.3. The van der Waals surface area contributed by atoms with E-state index in [2.05, 4.69) is 46.4 Å². The van der Waals surface area contributed by atoms with Crippen molar-refractivity contribution in [3.05, 3.63) is 88.0 Å². The van der Waals surface area contributed by atoms with Gasteiger partial charge in [0.1, 0.15) is 17.4 Å². The van der Waals surface area contributed by atoms with Crippen LogP contribution < -0.4 is 4.74 Å². The van der Waals surface area contributed by atoms with Gasteiger partial charge in [0.05, 0.1) is 18.5 Å². The van der Waals surface area contributed by atoms with Crippen molar-refractivity contribution >= 4 is 23.5 Å². The van der Waals surface area contributed by atoms with Crippen LogP contribution in [0.2, 0.25) is 0 Å². The Kier molecular flexibility index (Phi) is 9.69. The lowest BCUT2D eigenvalue weighted by Gasteiger charge is -2.25. The van der Waals surface area contributed by atoms with Crippen LogP contribution in [0.3, 0.4) is 0 Å². The minimum atomic E-state index is -0.834. The minimum Gasteiger partial charge on any atom is -0.486 e. The van der Waals surface area contributed by atoms with Crippen LogP contribution in [0.1, 0.15) is 45.7 Å².